The van der Waals surface area contributed by atoms with E-state index in [9.17, 15) is 9.18 Å². The van der Waals surface area contributed by atoms with Gasteiger partial charge in [-0.2, -0.15) is 0 Å². The number of ether oxygens (including phenoxy) is 1. The van der Waals surface area contributed by atoms with Gasteiger partial charge in [0.25, 0.3) is 5.91 Å². The summed E-state index contributed by atoms with van der Waals surface area (Å²) < 4.78 is 20.6. The Kier molecular flexibility index (Phi) is 6.48. The molecule has 0 spiro atoms. The molecule has 9 heteroatoms. The Morgan fingerprint density at radius 2 is 2.10 bits per heavy atom. The maximum atomic E-state index is 14.4. The van der Waals surface area contributed by atoms with Gasteiger partial charge in [0, 0.05) is 23.8 Å². The highest BCUT2D eigenvalue weighted by Gasteiger charge is 2.18. The topological polar surface area (TPSA) is 88.2 Å². The molecule has 1 aliphatic heterocycles. The van der Waals surface area contributed by atoms with Crippen molar-refractivity contribution in [3.63, 3.8) is 0 Å². The van der Waals surface area contributed by atoms with Crippen LogP contribution in [0.4, 0.5) is 16.0 Å². The molecule has 1 amide bonds. The monoisotopic (exact) mass is 443 g/mol. The molecule has 1 saturated heterocycles. The lowest BCUT2D eigenvalue weighted by molar-refractivity contribution is 0.0952. The first kappa shape index (κ1) is 21.3. The van der Waals surface area contributed by atoms with Gasteiger partial charge < -0.3 is 20.7 Å². The van der Waals surface area contributed by atoms with Gasteiger partial charge in [0.2, 0.25) is 5.95 Å². The maximum Gasteiger partial charge on any atom is 0.254 e. The van der Waals surface area contributed by atoms with E-state index in [1.165, 1.54) is 12.1 Å². The summed E-state index contributed by atoms with van der Waals surface area (Å²) >= 11 is 6.32. The van der Waals surface area contributed by atoms with Gasteiger partial charge >= 0.3 is 0 Å². The molecule has 1 aliphatic rings. The average Bonchev–Trinajstić information content (AvgIpc) is 2.77. The predicted octanol–water partition coefficient (Wildman–Crippen LogP) is 4.05. The standard InChI is InChI=1S/C22H23ClFN5O2/c1-2-26-21(30)15-4-3-13(11-18(15)24)28-22-27-12-16-17(23)5-6-19(20(16)29-22)31-14-7-9-25-10-8-14/h3-6,11-12,14,25H,2,7-10H2,1H3,(H,26,30)(H,27,28,29). The molecule has 7 nitrogen and oxygen atoms in total. The molecular weight excluding hydrogens is 421 g/mol. The number of amides is 1. The number of carbonyl (C=O) groups is 1. The summed E-state index contributed by atoms with van der Waals surface area (Å²) in [7, 11) is 0. The molecule has 31 heavy (non-hydrogen) atoms. The maximum absolute atomic E-state index is 14.4. The average molecular weight is 444 g/mol. The largest absolute Gasteiger partial charge is 0.488 e. The Hall–Kier alpha value is -2.97. The van der Waals surface area contributed by atoms with E-state index >= 15 is 0 Å². The number of piperidine rings is 1. The third-order valence-electron chi connectivity index (χ3n) is 5.05. The molecule has 0 unspecified atom stereocenters. The van der Waals surface area contributed by atoms with Gasteiger partial charge in [-0.05, 0) is 63.2 Å². The van der Waals surface area contributed by atoms with E-state index in [1.54, 1.807) is 25.3 Å². The third-order valence-corrected chi connectivity index (χ3v) is 5.38. The van der Waals surface area contributed by atoms with E-state index in [1.807, 2.05) is 6.07 Å². The minimum Gasteiger partial charge on any atom is -0.488 e. The van der Waals surface area contributed by atoms with Crippen molar-refractivity contribution in [1.29, 1.82) is 0 Å². The predicted molar refractivity (Wildman–Crippen MR) is 119 cm³/mol. The van der Waals surface area contributed by atoms with E-state index in [-0.39, 0.29) is 17.6 Å². The van der Waals surface area contributed by atoms with Crippen LogP contribution in [0.2, 0.25) is 5.02 Å². The summed E-state index contributed by atoms with van der Waals surface area (Å²) in [6.45, 7) is 4.03. The summed E-state index contributed by atoms with van der Waals surface area (Å²) in [6.07, 6.45) is 3.55. The van der Waals surface area contributed by atoms with Crippen LogP contribution in [0.15, 0.2) is 36.5 Å². The highest BCUT2D eigenvalue weighted by molar-refractivity contribution is 6.35. The number of carbonyl (C=O) groups excluding carboxylic acids is 1. The van der Waals surface area contributed by atoms with Crippen LogP contribution < -0.4 is 20.7 Å². The molecule has 4 rings (SSSR count). The van der Waals surface area contributed by atoms with Crippen molar-refractivity contribution in [3.05, 3.63) is 52.9 Å². The van der Waals surface area contributed by atoms with Crippen molar-refractivity contribution in [2.45, 2.75) is 25.9 Å². The molecule has 2 aromatic carbocycles. The Morgan fingerprint density at radius 1 is 1.29 bits per heavy atom. The third kappa shape index (κ3) is 4.86. The fourth-order valence-electron chi connectivity index (χ4n) is 3.47. The van der Waals surface area contributed by atoms with Gasteiger partial charge in [-0.25, -0.2) is 14.4 Å². The van der Waals surface area contributed by atoms with Crippen LogP contribution in [0.25, 0.3) is 10.9 Å². The summed E-state index contributed by atoms with van der Waals surface area (Å²) in [5.41, 5.74) is 0.993. The number of fused-ring (bicyclic) bond motifs is 1. The van der Waals surface area contributed by atoms with Crippen molar-refractivity contribution >= 4 is 40.0 Å². The number of aromatic nitrogens is 2. The number of rotatable bonds is 6. The fourth-order valence-corrected chi connectivity index (χ4v) is 3.67. The van der Waals surface area contributed by atoms with Crippen molar-refractivity contribution < 1.29 is 13.9 Å². The van der Waals surface area contributed by atoms with Gasteiger partial charge in [-0.1, -0.05) is 11.6 Å². The number of nitrogens with one attached hydrogen (secondary N) is 3. The van der Waals surface area contributed by atoms with Gasteiger partial charge in [0.05, 0.1) is 10.6 Å². The fraction of sp³-hybridized carbons (Fsp3) is 0.318. The lowest BCUT2D eigenvalue weighted by atomic mass is 10.1. The highest BCUT2D eigenvalue weighted by Crippen LogP contribution is 2.32. The smallest absolute Gasteiger partial charge is 0.254 e. The molecule has 0 radical (unpaired) electrons. The highest BCUT2D eigenvalue weighted by atomic mass is 35.5. The molecule has 0 bridgehead atoms. The van der Waals surface area contributed by atoms with Gasteiger partial charge in [0.1, 0.15) is 23.2 Å². The summed E-state index contributed by atoms with van der Waals surface area (Å²) in [6, 6.07) is 7.84. The number of nitrogens with zero attached hydrogens (tertiary/aromatic N) is 2. The summed E-state index contributed by atoms with van der Waals surface area (Å²) in [4.78, 5) is 20.7. The van der Waals surface area contributed by atoms with Crippen molar-refractivity contribution in [2.75, 3.05) is 25.0 Å². The van der Waals surface area contributed by atoms with E-state index in [4.69, 9.17) is 16.3 Å². The van der Waals surface area contributed by atoms with E-state index < -0.39 is 11.7 Å². The SMILES string of the molecule is CCNC(=O)c1ccc(Nc2ncc3c(Cl)ccc(OC4CCNCC4)c3n2)cc1F. The zero-order chi connectivity index (χ0) is 21.8. The molecule has 1 aromatic heterocycles. The Bertz CT molecular complexity index is 1100. The van der Waals surface area contributed by atoms with Crippen LogP contribution in [0, 0.1) is 5.82 Å². The van der Waals surface area contributed by atoms with Crippen molar-refractivity contribution in [1.82, 2.24) is 20.6 Å². The van der Waals surface area contributed by atoms with Crippen LogP contribution in [0.3, 0.4) is 0 Å². The number of benzene rings is 2. The lowest BCUT2D eigenvalue weighted by Gasteiger charge is -2.24. The second-order valence-electron chi connectivity index (χ2n) is 7.25. The van der Waals surface area contributed by atoms with Crippen molar-refractivity contribution in [2.24, 2.45) is 0 Å². The molecular formula is C22H23ClFN5O2. The van der Waals surface area contributed by atoms with Crippen LogP contribution in [0.1, 0.15) is 30.1 Å². The second kappa shape index (κ2) is 9.45. The van der Waals surface area contributed by atoms with Crippen LogP contribution in [-0.4, -0.2) is 41.6 Å². The summed E-state index contributed by atoms with van der Waals surface area (Å²) in [5, 5.41) is 10.1. The number of anilines is 2. The molecule has 2 heterocycles. The van der Waals surface area contributed by atoms with Gasteiger partial charge in [-0.15, -0.1) is 0 Å². The quantitative estimate of drug-likeness (QED) is 0.532. The molecule has 3 N–H and O–H groups in total. The first-order valence-electron chi connectivity index (χ1n) is 10.2. The van der Waals surface area contributed by atoms with Crippen molar-refractivity contribution in [3.8, 4) is 5.75 Å². The molecule has 0 aliphatic carbocycles. The minimum atomic E-state index is -0.630. The Morgan fingerprint density at radius 3 is 2.84 bits per heavy atom. The Balaban J connectivity index is 1.60. The first-order valence-corrected chi connectivity index (χ1v) is 10.6. The Labute approximate surface area is 184 Å². The molecule has 3 aromatic rings. The lowest BCUT2D eigenvalue weighted by Crippen LogP contribution is -2.34. The molecule has 0 saturated carbocycles. The van der Waals surface area contributed by atoms with Gasteiger partial charge in [-0.3, -0.25) is 4.79 Å². The van der Waals surface area contributed by atoms with Gasteiger partial charge in [0.15, 0.2) is 0 Å². The minimum absolute atomic E-state index is 0.0173. The number of hydrogen-bond donors (Lipinski definition) is 3. The van der Waals surface area contributed by atoms with E-state index in [0.29, 0.717) is 33.9 Å². The zero-order valence-corrected chi connectivity index (χ0v) is 17.8. The van der Waals surface area contributed by atoms with Crippen LogP contribution in [0.5, 0.6) is 5.75 Å². The molecule has 0 atom stereocenters. The molecule has 1 fully saturated rings. The van der Waals surface area contributed by atoms with Crippen LogP contribution in [-0.2, 0) is 0 Å². The summed E-state index contributed by atoms with van der Waals surface area (Å²) in [5.74, 6) is -0.179. The first-order chi connectivity index (χ1) is 15.0. The van der Waals surface area contributed by atoms with Crippen LogP contribution >= 0.6 is 11.6 Å². The second-order valence-corrected chi connectivity index (χ2v) is 7.65. The molecule has 162 valence electrons. The normalized spacial score (nSPS) is 14.4. The van der Waals surface area contributed by atoms with E-state index in [0.717, 1.165) is 25.9 Å². The number of halogens is 2. The van der Waals surface area contributed by atoms with E-state index in [2.05, 4.69) is 25.9 Å². The number of hydrogen-bond acceptors (Lipinski definition) is 6. The zero-order valence-electron chi connectivity index (χ0n) is 17.0.